The molecule has 0 aliphatic heterocycles. The Kier molecular flexibility index (Phi) is 4.90. The van der Waals surface area contributed by atoms with E-state index in [1.807, 2.05) is 59.2 Å². The molecule has 1 aromatic carbocycles. The van der Waals surface area contributed by atoms with Gasteiger partial charge in [-0.15, -0.1) is 0 Å². The minimum absolute atomic E-state index is 0.603. The van der Waals surface area contributed by atoms with Crippen molar-refractivity contribution in [2.45, 2.75) is 19.0 Å². The first-order valence-corrected chi connectivity index (χ1v) is 6.64. The number of aryl methyl sites for hydroxylation is 1. The van der Waals surface area contributed by atoms with Gasteiger partial charge in [-0.25, -0.2) is 0 Å². The van der Waals surface area contributed by atoms with E-state index in [0.717, 1.165) is 18.5 Å². The maximum absolute atomic E-state index is 11.5. The topological polar surface area (TPSA) is 58.4 Å². The van der Waals surface area contributed by atoms with Gasteiger partial charge in [-0.3, -0.25) is 14.4 Å². The number of hydrogen-bond acceptors (Lipinski definition) is 3. The highest BCUT2D eigenvalue weighted by Gasteiger charge is 2.23. The fourth-order valence-electron chi connectivity index (χ4n) is 2.26. The van der Waals surface area contributed by atoms with Crippen LogP contribution in [0.3, 0.4) is 0 Å². The Morgan fingerprint density at radius 1 is 1.35 bits per heavy atom. The summed E-state index contributed by atoms with van der Waals surface area (Å²) >= 11 is 0. The van der Waals surface area contributed by atoms with Gasteiger partial charge < -0.3 is 5.11 Å². The molecule has 0 aliphatic carbocycles. The minimum Gasteiger partial charge on any atom is -0.480 e. The third kappa shape index (κ3) is 3.68. The van der Waals surface area contributed by atoms with Crippen LogP contribution >= 0.6 is 0 Å². The maximum Gasteiger partial charge on any atom is 0.325 e. The normalized spacial score (nSPS) is 12.5. The van der Waals surface area contributed by atoms with Crippen molar-refractivity contribution in [1.82, 2.24) is 14.7 Å². The van der Waals surface area contributed by atoms with E-state index < -0.39 is 12.0 Å². The minimum atomic E-state index is -0.821. The Morgan fingerprint density at radius 2 is 2.10 bits per heavy atom. The molecule has 0 spiro atoms. The van der Waals surface area contributed by atoms with Crippen molar-refractivity contribution < 1.29 is 9.90 Å². The van der Waals surface area contributed by atoms with Crippen molar-refractivity contribution in [3.8, 4) is 0 Å². The van der Waals surface area contributed by atoms with Crippen LogP contribution in [0.5, 0.6) is 0 Å². The molecule has 0 aliphatic rings. The standard InChI is InChI=1S/C15H19N3O2/c1-17(10-6-12-18-11-5-9-16-18)14(15(19)20)13-7-3-2-4-8-13/h2-5,7-9,11,14H,6,10,12H2,1H3,(H,19,20). The highest BCUT2D eigenvalue weighted by atomic mass is 16.4. The number of aromatic nitrogens is 2. The lowest BCUT2D eigenvalue weighted by molar-refractivity contribution is -0.143. The molecule has 1 N–H and O–H groups in total. The van der Waals surface area contributed by atoms with Gasteiger partial charge in [0.1, 0.15) is 6.04 Å². The molecule has 20 heavy (non-hydrogen) atoms. The third-order valence-corrected chi connectivity index (χ3v) is 3.25. The molecule has 2 aromatic rings. The second kappa shape index (κ2) is 6.86. The predicted octanol–water partition coefficient (Wildman–Crippen LogP) is 2.03. The van der Waals surface area contributed by atoms with Gasteiger partial charge >= 0.3 is 5.97 Å². The molecule has 0 fully saturated rings. The maximum atomic E-state index is 11.5. The van der Waals surface area contributed by atoms with Gasteiger partial charge in [0.15, 0.2) is 0 Å². The van der Waals surface area contributed by atoms with Crippen molar-refractivity contribution in [2.24, 2.45) is 0 Å². The van der Waals surface area contributed by atoms with Crippen LogP contribution in [0.1, 0.15) is 18.0 Å². The van der Waals surface area contributed by atoms with Crippen molar-refractivity contribution >= 4 is 5.97 Å². The molecular formula is C15H19N3O2. The number of carbonyl (C=O) groups is 1. The van der Waals surface area contributed by atoms with Gasteiger partial charge in [-0.05, 0) is 25.1 Å². The zero-order valence-electron chi connectivity index (χ0n) is 11.5. The number of likely N-dealkylation sites (N-methyl/N-ethyl adjacent to an activating group) is 1. The summed E-state index contributed by atoms with van der Waals surface area (Å²) in [6.07, 6.45) is 4.51. The Balaban J connectivity index is 1.94. The summed E-state index contributed by atoms with van der Waals surface area (Å²) in [7, 11) is 1.84. The molecule has 5 nitrogen and oxygen atoms in total. The number of benzene rings is 1. The number of nitrogens with zero attached hydrogens (tertiary/aromatic N) is 3. The second-order valence-electron chi connectivity index (χ2n) is 4.75. The number of carboxylic acid groups (broad SMARTS) is 1. The number of hydrogen-bond donors (Lipinski definition) is 1. The molecule has 0 radical (unpaired) electrons. The average molecular weight is 273 g/mol. The van der Waals surface area contributed by atoms with Crippen LogP contribution in [-0.4, -0.2) is 39.3 Å². The van der Waals surface area contributed by atoms with Crippen LogP contribution < -0.4 is 0 Å². The van der Waals surface area contributed by atoms with Crippen LogP contribution in [0.4, 0.5) is 0 Å². The van der Waals surface area contributed by atoms with Crippen molar-refractivity contribution in [2.75, 3.05) is 13.6 Å². The van der Waals surface area contributed by atoms with Gasteiger partial charge in [0, 0.05) is 25.5 Å². The molecule has 0 amide bonds. The molecular weight excluding hydrogens is 254 g/mol. The van der Waals surface area contributed by atoms with E-state index in [2.05, 4.69) is 5.10 Å². The Bertz CT molecular complexity index is 525. The molecule has 2 rings (SSSR count). The second-order valence-corrected chi connectivity index (χ2v) is 4.75. The summed E-state index contributed by atoms with van der Waals surface area (Å²) in [5.74, 6) is -0.821. The monoisotopic (exact) mass is 273 g/mol. The number of aliphatic carboxylic acids is 1. The summed E-state index contributed by atoms with van der Waals surface area (Å²) in [6.45, 7) is 1.49. The average Bonchev–Trinajstić information content (AvgIpc) is 2.93. The van der Waals surface area contributed by atoms with Crippen LogP contribution in [0.15, 0.2) is 48.8 Å². The lowest BCUT2D eigenvalue weighted by atomic mass is 10.1. The van der Waals surface area contributed by atoms with E-state index >= 15 is 0 Å². The number of rotatable bonds is 7. The van der Waals surface area contributed by atoms with E-state index in [1.54, 1.807) is 6.20 Å². The van der Waals surface area contributed by atoms with Crippen LogP contribution in [0.25, 0.3) is 0 Å². The first-order valence-electron chi connectivity index (χ1n) is 6.64. The SMILES string of the molecule is CN(CCCn1cccn1)C(C(=O)O)c1ccccc1. The van der Waals surface area contributed by atoms with Crippen molar-refractivity contribution in [3.63, 3.8) is 0 Å². The predicted molar refractivity (Wildman–Crippen MR) is 76.3 cm³/mol. The molecule has 1 aromatic heterocycles. The first kappa shape index (κ1) is 14.3. The highest BCUT2D eigenvalue weighted by Crippen LogP contribution is 2.19. The zero-order valence-corrected chi connectivity index (χ0v) is 11.5. The zero-order chi connectivity index (χ0) is 14.4. The lowest BCUT2D eigenvalue weighted by Crippen LogP contribution is -2.32. The number of carboxylic acids is 1. The van der Waals surface area contributed by atoms with Crippen LogP contribution in [-0.2, 0) is 11.3 Å². The first-order chi connectivity index (χ1) is 9.68. The van der Waals surface area contributed by atoms with Gasteiger partial charge in [-0.1, -0.05) is 30.3 Å². The molecule has 0 saturated heterocycles. The summed E-state index contributed by atoms with van der Waals surface area (Å²) < 4.78 is 1.85. The summed E-state index contributed by atoms with van der Waals surface area (Å²) in [5.41, 5.74) is 0.807. The third-order valence-electron chi connectivity index (χ3n) is 3.25. The lowest BCUT2D eigenvalue weighted by Gasteiger charge is -2.24. The van der Waals surface area contributed by atoms with Crippen LogP contribution in [0, 0.1) is 0 Å². The van der Waals surface area contributed by atoms with Crippen molar-refractivity contribution in [1.29, 1.82) is 0 Å². The molecule has 0 saturated carbocycles. The van der Waals surface area contributed by atoms with E-state index in [0.29, 0.717) is 6.54 Å². The summed E-state index contributed by atoms with van der Waals surface area (Å²) in [4.78, 5) is 13.3. The fourth-order valence-corrected chi connectivity index (χ4v) is 2.26. The molecule has 1 heterocycles. The van der Waals surface area contributed by atoms with Gasteiger partial charge in [0.25, 0.3) is 0 Å². The Labute approximate surface area is 118 Å². The molecule has 1 atom stereocenters. The summed E-state index contributed by atoms with van der Waals surface area (Å²) in [6, 6.07) is 10.6. The van der Waals surface area contributed by atoms with Gasteiger partial charge in [0.2, 0.25) is 0 Å². The molecule has 106 valence electrons. The van der Waals surface area contributed by atoms with Crippen LogP contribution in [0.2, 0.25) is 0 Å². The molecule has 0 bridgehead atoms. The molecule has 5 heteroatoms. The largest absolute Gasteiger partial charge is 0.480 e. The van der Waals surface area contributed by atoms with E-state index in [4.69, 9.17) is 0 Å². The Hall–Kier alpha value is -2.14. The quantitative estimate of drug-likeness (QED) is 0.838. The Morgan fingerprint density at radius 3 is 2.70 bits per heavy atom. The van der Waals surface area contributed by atoms with Gasteiger partial charge in [0.05, 0.1) is 0 Å². The van der Waals surface area contributed by atoms with Gasteiger partial charge in [-0.2, -0.15) is 5.10 Å². The highest BCUT2D eigenvalue weighted by molar-refractivity contribution is 5.75. The van der Waals surface area contributed by atoms with E-state index in [1.165, 1.54) is 0 Å². The van der Waals surface area contributed by atoms with Crippen molar-refractivity contribution in [3.05, 3.63) is 54.4 Å². The fraction of sp³-hybridized carbons (Fsp3) is 0.333. The van der Waals surface area contributed by atoms with E-state index in [9.17, 15) is 9.90 Å². The molecule has 1 unspecified atom stereocenters. The smallest absolute Gasteiger partial charge is 0.325 e. The van der Waals surface area contributed by atoms with E-state index in [-0.39, 0.29) is 0 Å². The summed E-state index contributed by atoms with van der Waals surface area (Å²) in [5, 5.41) is 13.6.